The summed E-state index contributed by atoms with van der Waals surface area (Å²) >= 11 is 0. The summed E-state index contributed by atoms with van der Waals surface area (Å²) in [5.41, 5.74) is 1.09. The quantitative estimate of drug-likeness (QED) is 0.814. The maximum atomic E-state index is 5.52. The summed E-state index contributed by atoms with van der Waals surface area (Å²) in [5.74, 6) is 0. The summed E-state index contributed by atoms with van der Waals surface area (Å²) in [6.45, 7) is 2.47. The zero-order valence-electron chi connectivity index (χ0n) is 9.89. The van der Waals surface area contributed by atoms with Gasteiger partial charge in [-0.3, -0.25) is 9.88 Å². The standard InChI is InChI=1S/C12H19N3O/c1-15(2)12(10-5-3-4-6-13-10)11-9-16-8-7-14-11/h3-6,11-12,14H,7-9H2,1-2H3. The Hall–Kier alpha value is -0.970. The Morgan fingerprint density at radius 1 is 1.50 bits per heavy atom. The van der Waals surface area contributed by atoms with Crippen LogP contribution in [0.5, 0.6) is 0 Å². The van der Waals surface area contributed by atoms with Crippen molar-refractivity contribution in [3.8, 4) is 0 Å². The molecule has 2 heterocycles. The predicted octanol–water partition coefficient (Wildman–Crippen LogP) is 0.673. The first-order chi connectivity index (χ1) is 7.79. The van der Waals surface area contributed by atoms with Gasteiger partial charge < -0.3 is 10.1 Å². The van der Waals surface area contributed by atoms with E-state index in [1.54, 1.807) is 0 Å². The van der Waals surface area contributed by atoms with Crippen LogP contribution < -0.4 is 5.32 Å². The number of hydrogen-bond donors (Lipinski definition) is 1. The second-order valence-electron chi connectivity index (χ2n) is 4.30. The van der Waals surface area contributed by atoms with Crippen molar-refractivity contribution in [2.75, 3.05) is 33.9 Å². The van der Waals surface area contributed by atoms with Crippen LogP contribution in [0.2, 0.25) is 0 Å². The minimum absolute atomic E-state index is 0.265. The van der Waals surface area contributed by atoms with Gasteiger partial charge >= 0.3 is 0 Å². The molecule has 0 amide bonds. The summed E-state index contributed by atoms with van der Waals surface area (Å²) in [4.78, 5) is 6.63. The van der Waals surface area contributed by atoms with Crippen LogP contribution in [0.1, 0.15) is 11.7 Å². The molecule has 0 bridgehead atoms. The number of aromatic nitrogens is 1. The fourth-order valence-electron chi connectivity index (χ4n) is 2.17. The number of likely N-dealkylation sites (N-methyl/N-ethyl adjacent to an activating group) is 1. The van der Waals surface area contributed by atoms with Crippen LogP contribution in [0.3, 0.4) is 0 Å². The highest BCUT2D eigenvalue weighted by Crippen LogP contribution is 2.21. The van der Waals surface area contributed by atoms with Crippen LogP contribution >= 0.6 is 0 Å². The first-order valence-corrected chi connectivity index (χ1v) is 5.67. The molecule has 0 aliphatic carbocycles. The smallest absolute Gasteiger partial charge is 0.0693 e. The van der Waals surface area contributed by atoms with E-state index in [9.17, 15) is 0 Å². The van der Waals surface area contributed by atoms with Gasteiger partial charge in [0.15, 0.2) is 0 Å². The van der Waals surface area contributed by atoms with Gasteiger partial charge in [-0.2, -0.15) is 0 Å². The van der Waals surface area contributed by atoms with Gasteiger partial charge in [0.1, 0.15) is 0 Å². The predicted molar refractivity (Wildman–Crippen MR) is 63.3 cm³/mol. The number of nitrogens with zero attached hydrogens (tertiary/aromatic N) is 2. The molecule has 4 heteroatoms. The van der Waals surface area contributed by atoms with E-state index in [0.29, 0.717) is 6.04 Å². The molecule has 1 aromatic rings. The minimum atomic E-state index is 0.265. The normalized spacial score (nSPS) is 23.3. The monoisotopic (exact) mass is 221 g/mol. The van der Waals surface area contributed by atoms with Crippen molar-refractivity contribution in [1.29, 1.82) is 0 Å². The summed E-state index contributed by atoms with van der Waals surface area (Å²) in [7, 11) is 4.16. The van der Waals surface area contributed by atoms with Gasteiger partial charge in [-0.25, -0.2) is 0 Å². The minimum Gasteiger partial charge on any atom is -0.378 e. The van der Waals surface area contributed by atoms with Crippen LogP contribution in [-0.2, 0) is 4.74 Å². The second kappa shape index (κ2) is 5.39. The molecule has 2 atom stereocenters. The molecule has 1 aliphatic heterocycles. The molecule has 0 radical (unpaired) electrons. The zero-order chi connectivity index (χ0) is 11.4. The van der Waals surface area contributed by atoms with Crippen molar-refractivity contribution >= 4 is 0 Å². The maximum Gasteiger partial charge on any atom is 0.0693 e. The second-order valence-corrected chi connectivity index (χ2v) is 4.30. The highest BCUT2D eigenvalue weighted by Gasteiger charge is 2.27. The highest BCUT2D eigenvalue weighted by molar-refractivity contribution is 5.11. The molecule has 2 unspecified atom stereocenters. The third-order valence-electron chi connectivity index (χ3n) is 2.88. The van der Waals surface area contributed by atoms with E-state index in [1.807, 2.05) is 18.3 Å². The van der Waals surface area contributed by atoms with E-state index in [-0.39, 0.29) is 6.04 Å². The van der Waals surface area contributed by atoms with Gasteiger partial charge in [0.05, 0.1) is 31.0 Å². The van der Waals surface area contributed by atoms with E-state index in [2.05, 4.69) is 35.4 Å². The Balaban J connectivity index is 2.16. The van der Waals surface area contributed by atoms with Gasteiger partial charge in [0, 0.05) is 12.7 Å². The fraction of sp³-hybridized carbons (Fsp3) is 0.583. The maximum absolute atomic E-state index is 5.52. The number of nitrogens with one attached hydrogen (secondary N) is 1. The van der Waals surface area contributed by atoms with E-state index >= 15 is 0 Å². The molecular formula is C12H19N3O. The van der Waals surface area contributed by atoms with Gasteiger partial charge in [-0.1, -0.05) is 6.07 Å². The van der Waals surface area contributed by atoms with Gasteiger partial charge in [-0.05, 0) is 26.2 Å². The lowest BCUT2D eigenvalue weighted by Gasteiger charge is -2.34. The Bertz CT molecular complexity index is 309. The Kier molecular flexibility index (Phi) is 3.88. The van der Waals surface area contributed by atoms with Crippen molar-refractivity contribution in [2.45, 2.75) is 12.1 Å². The Morgan fingerprint density at radius 3 is 2.94 bits per heavy atom. The van der Waals surface area contributed by atoms with E-state index < -0.39 is 0 Å². The SMILES string of the molecule is CN(C)C(c1ccccn1)C1COCCN1. The molecule has 88 valence electrons. The highest BCUT2D eigenvalue weighted by atomic mass is 16.5. The Morgan fingerprint density at radius 2 is 2.38 bits per heavy atom. The third kappa shape index (κ3) is 2.58. The fourth-order valence-corrected chi connectivity index (χ4v) is 2.17. The van der Waals surface area contributed by atoms with Crippen LogP contribution in [0, 0.1) is 0 Å². The summed E-state index contributed by atoms with van der Waals surface area (Å²) in [6.07, 6.45) is 1.84. The molecule has 0 aromatic carbocycles. The van der Waals surface area contributed by atoms with Crippen molar-refractivity contribution in [2.24, 2.45) is 0 Å². The molecule has 1 fully saturated rings. The molecule has 2 rings (SSSR count). The van der Waals surface area contributed by atoms with Crippen LogP contribution in [0.4, 0.5) is 0 Å². The summed E-state index contributed by atoms with van der Waals surface area (Å²) in [5, 5.41) is 3.49. The Labute approximate surface area is 96.6 Å². The number of rotatable bonds is 3. The number of morpholine rings is 1. The molecule has 1 aliphatic rings. The van der Waals surface area contributed by atoms with Crippen LogP contribution in [0.25, 0.3) is 0 Å². The molecule has 0 spiro atoms. The average Bonchev–Trinajstić information content (AvgIpc) is 2.31. The average molecular weight is 221 g/mol. The zero-order valence-corrected chi connectivity index (χ0v) is 9.89. The first kappa shape index (κ1) is 11.5. The summed E-state index contributed by atoms with van der Waals surface area (Å²) < 4.78 is 5.52. The molecule has 1 saturated heterocycles. The molecule has 0 saturated carbocycles. The van der Waals surface area contributed by atoms with E-state index in [4.69, 9.17) is 4.74 Å². The summed E-state index contributed by atoms with van der Waals surface area (Å²) in [6, 6.07) is 6.63. The molecule has 1 aromatic heterocycles. The largest absolute Gasteiger partial charge is 0.378 e. The van der Waals surface area contributed by atoms with Crippen molar-refractivity contribution in [3.05, 3.63) is 30.1 Å². The van der Waals surface area contributed by atoms with Gasteiger partial charge in [0.2, 0.25) is 0 Å². The third-order valence-corrected chi connectivity index (χ3v) is 2.88. The lowest BCUT2D eigenvalue weighted by Crippen LogP contribution is -2.49. The topological polar surface area (TPSA) is 37.4 Å². The number of hydrogen-bond acceptors (Lipinski definition) is 4. The van der Waals surface area contributed by atoms with Gasteiger partial charge in [0.25, 0.3) is 0 Å². The lowest BCUT2D eigenvalue weighted by molar-refractivity contribution is 0.0450. The number of ether oxygens (including phenoxy) is 1. The molecule has 16 heavy (non-hydrogen) atoms. The van der Waals surface area contributed by atoms with Crippen molar-refractivity contribution in [1.82, 2.24) is 15.2 Å². The van der Waals surface area contributed by atoms with E-state index in [0.717, 1.165) is 25.5 Å². The molecule has 4 nitrogen and oxygen atoms in total. The van der Waals surface area contributed by atoms with Crippen LogP contribution in [-0.4, -0.2) is 49.8 Å². The number of pyridine rings is 1. The lowest BCUT2D eigenvalue weighted by atomic mass is 10.0. The van der Waals surface area contributed by atoms with Crippen LogP contribution in [0.15, 0.2) is 24.4 Å². The van der Waals surface area contributed by atoms with Crippen molar-refractivity contribution in [3.63, 3.8) is 0 Å². The van der Waals surface area contributed by atoms with Gasteiger partial charge in [-0.15, -0.1) is 0 Å². The van der Waals surface area contributed by atoms with E-state index in [1.165, 1.54) is 0 Å². The first-order valence-electron chi connectivity index (χ1n) is 5.67. The van der Waals surface area contributed by atoms with Crippen molar-refractivity contribution < 1.29 is 4.74 Å². The molecular weight excluding hydrogens is 202 g/mol. The molecule has 1 N–H and O–H groups in total.